The normalized spacial score (nSPS) is 21.8. The van der Waals surface area contributed by atoms with Crippen molar-refractivity contribution in [2.75, 3.05) is 14.1 Å². The van der Waals surface area contributed by atoms with Crippen LogP contribution in [0.3, 0.4) is 0 Å². The average molecular weight is 403 g/mol. The third-order valence-electron chi connectivity index (χ3n) is 5.69. The third kappa shape index (κ3) is 3.87. The molecule has 1 amide bonds. The lowest BCUT2D eigenvalue weighted by atomic mass is 9.76. The van der Waals surface area contributed by atoms with E-state index in [2.05, 4.69) is 42.5 Å². The highest BCUT2D eigenvalue weighted by molar-refractivity contribution is 6.42. The van der Waals surface area contributed by atoms with Gasteiger partial charge in [0.05, 0.1) is 10.0 Å². The summed E-state index contributed by atoms with van der Waals surface area (Å²) in [4.78, 5) is 14.8. The van der Waals surface area contributed by atoms with Gasteiger partial charge in [0.2, 0.25) is 0 Å². The molecule has 4 rings (SSSR count). The summed E-state index contributed by atoms with van der Waals surface area (Å²) >= 11 is 12.4. The van der Waals surface area contributed by atoms with Gasteiger partial charge in [-0.25, -0.2) is 0 Å². The van der Waals surface area contributed by atoms with Gasteiger partial charge in [-0.1, -0.05) is 35.3 Å². The van der Waals surface area contributed by atoms with Crippen LogP contribution in [-0.2, 0) is 0 Å². The van der Waals surface area contributed by atoms with E-state index in [0.29, 0.717) is 22.1 Å². The highest BCUT2D eigenvalue weighted by Gasteiger charge is 2.31. The molecule has 0 bridgehead atoms. The first-order chi connectivity index (χ1) is 12.9. The van der Waals surface area contributed by atoms with Crippen molar-refractivity contribution in [1.82, 2.24) is 10.2 Å². The van der Waals surface area contributed by atoms with E-state index in [4.69, 9.17) is 23.2 Å². The second-order valence-electron chi connectivity index (χ2n) is 7.87. The van der Waals surface area contributed by atoms with Crippen LogP contribution in [0.25, 0.3) is 0 Å². The second-order valence-corrected chi connectivity index (χ2v) is 8.69. The number of rotatable bonds is 4. The van der Waals surface area contributed by atoms with Crippen molar-refractivity contribution in [2.45, 2.75) is 43.7 Å². The van der Waals surface area contributed by atoms with Crippen molar-refractivity contribution in [3.8, 4) is 0 Å². The van der Waals surface area contributed by atoms with E-state index in [9.17, 15) is 4.79 Å². The van der Waals surface area contributed by atoms with Crippen LogP contribution in [0.15, 0.2) is 36.4 Å². The fraction of sp³-hybridized carbons (Fsp3) is 0.409. The van der Waals surface area contributed by atoms with E-state index in [-0.39, 0.29) is 11.8 Å². The van der Waals surface area contributed by atoms with Gasteiger partial charge in [0.15, 0.2) is 0 Å². The van der Waals surface area contributed by atoms with Gasteiger partial charge in [0.25, 0.3) is 5.91 Å². The number of amides is 1. The molecule has 3 nitrogen and oxygen atoms in total. The van der Waals surface area contributed by atoms with E-state index in [1.54, 1.807) is 0 Å². The zero-order valence-corrected chi connectivity index (χ0v) is 17.1. The maximum Gasteiger partial charge on any atom is 0.251 e. The number of hydrogen-bond acceptors (Lipinski definition) is 2. The smallest absolute Gasteiger partial charge is 0.251 e. The van der Waals surface area contributed by atoms with Crippen LogP contribution < -0.4 is 5.32 Å². The van der Waals surface area contributed by atoms with Crippen LogP contribution in [-0.4, -0.2) is 30.9 Å². The van der Waals surface area contributed by atoms with Crippen molar-refractivity contribution in [2.24, 2.45) is 0 Å². The Bertz CT molecular complexity index is 877. The summed E-state index contributed by atoms with van der Waals surface area (Å²) in [6, 6.07) is 12.7. The lowest BCUT2D eigenvalue weighted by molar-refractivity contribution is 0.0950. The summed E-state index contributed by atoms with van der Waals surface area (Å²) in [5.41, 5.74) is 4.45. The molecule has 2 aromatic rings. The minimum atomic E-state index is 0.0365. The van der Waals surface area contributed by atoms with Gasteiger partial charge in [-0.15, -0.1) is 0 Å². The molecule has 1 N–H and O–H groups in total. The molecule has 1 saturated carbocycles. The molecular formula is C22H24Cl2N2O. The molecule has 0 radical (unpaired) electrons. The maximum absolute atomic E-state index is 12.5. The molecule has 2 aromatic carbocycles. The number of hydrogen-bond donors (Lipinski definition) is 1. The van der Waals surface area contributed by atoms with Crippen LogP contribution in [0.1, 0.15) is 64.7 Å². The molecule has 0 heterocycles. The highest BCUT2D eigenvalue weighted by Crippen LogP contribution is 2.44. The van der Waals surface area contributed by atoms with E-state index in [1.165, 1.54) is 16.7 Å². The van der Waals surface area contributed by atoms with Gasteiger partial charge in [0.1, 0.15) is 0 Å². The number of carbonyl (C=O) groups excluding carboxylic acids is 1. The summed E-state index contributed by atoms with van der Waals surface area (Å²) in [5, 5.41) is 4.26. The minimum absolute atomic E-state index is 0.0365. The maximum atomic E-state index is 12.5. The molecule has 0 saturated heterocycles. The lowest BCUT2D eigenvalue weighted by Crippen LogP contribution is -2.29. The summed E-state index contributed by atoms with van der Waals surface area (Å²) in [6.45, 7) is 0. The molecule has 2 aliphatic rings. The largest absolute Gasteiger partial charge is 0.349 e. The molecule has 2 aliphatic carbocycles. The van der Waals surface area contributed by atoms with Gasteiger partial charge in [-0.05, 0) is 80.7 Å². The molecule has 5 heteroatoms. The number of halogens is 2. The van der Waals surface area contributed by atoms with E-state index in [0.717, 1.165) is 31.2 Å². The summed E-state index contributed by atoms with van der Waals surface area (Å²) in [5.74, 6) is 0.306. The Hall–Kier alpha value is -1.55. The van der Waals surface area contributed by atoms with Crippen molar-refractivity contribution in [3.63, 3.8) is 0 Å². The minimum Gasteiger partial charge on any atom is -0.349 e. The molecule has 2 atom stereocenters. The Kier molecular flexibility index (Phi) is 5.19. The van der Waals surface area contributed by atoms with Crippen LogP contribution in [0, 0.1) is 0 Å². The lowest BCUT2D eigenvalue weighted by Gasteiger charge is -2.36. The molecule has 0 aromatic heterocycles. The van der Waals surface area contributed by atoms with Crippen molar-refractivity contribution < 1.29 is 4.79 Å². The topological polar surface area (TPSA) is 32.3 Å². The molecule has 0 aliphatic heterocycles. The standard InChI is InChI=1S/C22H24Cl2N2O/c1-26(2)21-10-8-16(13-4-9-19(23)20(24)12-13)17-7-3-14(11-18(17)21)22(27)25-15-5-6-15/h3-4,7,9,11-12,15-16,21H,5-6,8,10H2,1-2H3,(H,25,27)/t16-,21-/m0/s1. The monoisotopic (exact) mass is 402 g/mol. The fourth-order valence-corrected chi connectivity index (χ4v) is 4.37. The first-order valence-electron chi connectivity index (χ1n) is 9.50. The zero-order valence-electron chi connectivity index (χ0n) is 15.6. The molecule has 27 heavy (non-hydrogen) atoms. The van der Waals surface area contributed by atoms with Gasteiger partial charge < -0.3 is 10.2 Å². The molecule has 1 fully saturated rings. The number of carbonyl (C=O) groups is 1. The first kappa shape index (κ1) is 18.8. The van der Waals surface area contributed by atoms with E-state index in [1.807, 2.05) is 18.2 Å². The van der Waals surface area contributed by atoms with Gasteiger partial charge in [-0.2, -0.15) is 0 Å². The average Bonchev–Trinajstić information content (AvgIpc) is 3.46. The molecule has 0 unspecified atom stereocenters. The van der Waals surface area contributed by atoms with Crippen LogP contribution in [0.5, 0.6) is 0 Å². The predicted octanol–water partition coefficient (Wildman–Crippen LogP) is 5.41. The van der Waals surface area contributed by atoms with E-state index < -0.39 is 0 Å². The molecule has 142 valence electrons. The van der Waals surface area contributed by atoms with Crippen molar-refractivity contribution in [1.29, 1.82) is 0 Å². The predicted molar refractivity (Wildman–Crippen MR) is 111 cm³/mol. The van der Waals surface area contributed by atoms with Crippen molar-refractivity contribution >= 4 is 29.1 Å². The first-order valence-corrected chi connectivity index (χ1v) is 10.3. The fourth-order valence-electron chi connectivity index (χ4n) is 4.07. The third-order valence-corrected chi connectivity index (χ3v) is 6.43. The molecular weight excluding hydrogens is 379 g/mol. The van der Waals surface area contributed by atoms with E-state index >= 15 is 0 Å². The molecule has 0 spiro atoms. The Morgan fingerprint density at radius 2 is 1.74 bits per heavy atom. The quantitative estimate of drug-likeness (QED) is 0.740. The summed E-state index contributed by atoms with van der Waals surface area (Å²) in [7, 11) is 4.20. The number of nitrogens with zero attached hydrogens (tertiary/aromatic N) is 1. The van der Waals surface area contributed by atoms with Crippen LogP contribution in [0.2, 0.25) is 10.0 Å². The number of nitrogens with one attached hydrogen (secondary N) is 1. The van der Waals surface area contributed by atoms with Gasteiger partial charge in [-0.3, -0.25) is 4.79 Å². The second kappa shape index (κ2) is 7.46. The number of benzene rings is 2. The Balaban J connectivity index is 1.72. The Morgan fingerprint density at radius 1 is 0.963 bits per heavy atom. The van der Waals surface area contributed by atoms with Crippen molar-refractivity contribution in [3.05, 3.63) is 68.7 Å². The summed E-state index contributed by atoms with van der Waals surface area (Å²) in [6.07, 6.45) is 4.27. The van der Waals surface area contributed by atoms with Gasteiger partial charge in [0, 0.05) is 23.6 Å². The van der Waals surface area contributed by atoms with Gasteiger partial charge >= 0.3 is 0 Å². The Morgan fingerprint density at radius 3 is 2.41 bits per heavy atom. The summed E-state index contributed by atoms with van der Waals surface area (Å²) < 4.78 is 0. The highest BCUT2D eigenvalue weighted by atomic mass is 35.5. The SMILES string of the molecule is CN(C)[C@H]1CC[C@@H](c2ccc(Cl)c(Cl)c2)c2ccc(C(=O)NC3CC3)cc21. The zero-order chi connectivity index (χ0) is 19.1. The number of fused-ring (bicyclic) bond motifs is 1. The van der Waals surface area contributed by atoms with Crippen LogP contribution in [0.4, 0.5) is 0 Å². The Labute approximate surface area is 170 Å². The van der Waals surface area contributed by atoms with Crippen LogP contribution >= 0.6 is 23.2 Å².